The van der Waals surface area contributed by atoms with Crippen LogP contribution in [0.5, 0.6) is 0 Å². The Labute approximate surface area is 73.2 Å². The van der Waals surface area contributed by atoms with Crippen molar-refractivity contribution < 1.29 is 0 Å². The predicted octanol–water partition coefficient (Wildman–Crippen LogP) is 3.83. The van der Waals surface area contributed by atoms with E-state index in [2.05, 4.69) is 40.9 Å². The van der Waals surface area contributed by atoms with Crippen molar-refractivity contribution in [3.05, 3.63) is 0 Å². The van der Waals surface area contributed by atoms with Gasteiger partial charge in [-0.15, -0.1) is 8.20 Å². The molecule has 0 bridgehead atoms. The molecule has 0 N–H and O–H groups in total. The smallest absolute Gasteiger partial charge is 0.0160 e. The van der Waals surface area contributed by atoms with Crippen molar-refractivity contribution in [2.75, 3.05) is 0 Å². The number of hydrogen-bond donors (Lipinski definition) is 0. The largest absolute Gasteiger partial charge is 0.105 e. The normalized spacial score (nSPS) is 13.4. The maximum atomic E-state index is 4.04. The van der Waals surface area contributed by atoms with Gasteiger partial charge in [0.2, 0.25) is 0 Å². The standard InChI is InChI=1S/C10H21P/c1-7-10(11-6,8(2)3)9(4)5/h8-9H,6-7H2,1-5H3. The second-order valence-electron chi connectivity index (χ2n) is 3.81. The van der Waals surface area contributed by atoms with Gasteiger partial charge in [0.25, 0.3) is 0 Å². The Morgan fingerprint density at radius 3 is 1.55 bits per heavy atom. The van der Waals surface area contributed by atoms with Crippen LogP contribution in [0.1, 0.15) is 41.0 Å². The average Bonchev–Trinajstić information content (AvgIpc) is 1.90. The van der Waals surface area contributed by atoms with Gasteiger partial charge in [0.1, 0.15) is 0 Å². The molecule has 0 aromatic rings. The van der Waals surface area contributed by atoms with E-state index < -0.39 is 0 Å². The van der Waals surface area contributed by atoms with Gasteiger partial charge in [-0.3, -0.25) is 0 Å². The molecule has 0 aromatic heterocycles. The van der Waals surface area contributed by atoms with E-state index in [4.69, 9.17) is 0 Å². The van der Waals surface area contributed by atoms with Gasteiger partial charge in [0.15, 0.2) is 0 Å². The molecule has 0 unspecified atom stereocenters. The zero-order valence-corrected chi connectivity index (χ0v) is 9.41. The van der Waals surface area contributed by atoms with Crippen molar-refractivity contribution in [2.45, 2.75) is 46.2 Å². The minimum Gasteiger partial charge on any atom is -0.105 e. The van der Waals surface area contributed by atoms with Crippen molar-refractivity contribution >= 4 is 14.5 Å². The first-order chi connectivity index (χ1) is 5.01. The van der Waals surface area contributed by atoms with Crippen LogP contribution < -0.4 is 0 Å². The molecule has 0 spiro atoms. The van der Waals surface area contributed by atoms with E-state index in [-0.39, 0.29) is 0 Å². The Hall–Kier alpha value is 0.170. The van der Waals surface area contributed by atoms with Crippen LogP contribution in [0.3, 0.4) is 0 Å². The van der Waals surface area contributed by atoms with Crippen molar-refractivity contribution in [1.29, 1.82) is 0 Å². The van der Waals surface area contributed by atoms with Crippen LogP contribution in [-0.2, 0) is 0 Å². The molecule has 0 amide bonds. The average molecular weight is 172 g/mol. The van der Waals surface area contributed by atoms with E-state index in [9.17, 15) is 0 Å². The monoisotopic (exact) mass is 172 g/mol. The van der Waals surface area contributed by atoms with E-state index in [0.29, 0.717) is 5.16 Å². The fourth-order valence-corrected chi connectivity index (χ4v) is 2.91. The summed E-state index contributed by atoms with van der Waals surface area (Å²) >= 11 is 0. The third kappa shape index (κ3) is 2.06. The molecule has 0 radical (unpaired) electrons. The highest BCUT2D eigenvalue weighted by Gasteiger charge is 2.32. The van der Waals surface area contributed by atoms with Crippen LogP contribution in [0, 0.1) is 11.8 Å². The molecule has 0 atom stereocenters. The molecule has 66 valence electrons. The quantitative estimate of drug-likeness (QED) is 0.565. The van der Waals surface area contributed by atoms with E-state index in [1.165, 1.54) is 14.6 Å². The first-order valence-electron chi connectivity index (χ1n) is 4.49. The summed E-state index contributed by atoms with van der Waals surface area (Å²) in [7, 11) is 1.31. The lowest BCUT2D eigenvalue weighted by Gasteiger charge is -2.37. The first-order valence-corrected chi connectivity index (χ1v) is 5.57. The van der Waals surface area contributed by atoms with Gasteiger partial charge in [-0.2, -0.15) is 0 Å². The van der Waals surface area contributed by atoms with Crippen LogP contribution in [0.15, 0.2) is 0 Å². The van der Waals surface area contributed by atoms with Gasteiger partial charge in [0, 0.05) is 5.16 Å². The molecule has 0 nitrogen and oxygen atoms in total. The van der Waals surface area contributed by atoms with E-state index in [1.54, 1.807) is 0 Å². The Bertz CT molecular complexity index is 117. The molecule has 0 aromatic carbocycles. The van der Waals surface area contributed by atoms with Crippen LogP contribution >= 0.6 is 8.20 Å². The second-order valence-corrected chi connectivity index (χ2v) is 4.96. The third-order valence-electron chi connectivity index (χ3n) is 2.86. The summed E-state index contributed by atoms with van der Waals surface area (Å²) in [6.45, 7) is 11.5. The summed E-state index contributed by atoms with van der Waals surface area (Å²) in [5, 5.41) is 0.444. The van der Waals surface area contributed by atoms with Gasteiger partial charge in [0.05, 0.1) is 0 Å². The number of hydrogen-bond acceptors (Lipinski definition) is 0. The molecular formula is C10H21P. The maximum absolute atomic E-state index is 4.04. The van der Waals surface area contributed by atoms with Crippen molar-refractivity contribution in [3.8, 4) is 0 Å². The van der Waals surface area contributed by atoms with Gasteiger partial charge < -0.3 is 0 Å². The highest BCUT2D eigenvalue weighted by atomic mass is 31.1. The zero-order valence-electron chi connectivity index (χ0n) is 8.52. The zero-order chi connectivity index (χ0) is 9.07. The van der Waals surface area contributed by atoms with Crippen LogP contribution in [0.25, 0.3) is 0 Å². The predicted molar refractivity (Wildman–Crippen MR) is 56.7 cm³/mol. The Kier molecular flexibility index (Phi) is 4.32. The summed E-state index contributed by atoms with van der Waals surface area (Å²) in [5.41, 5.74) is 0. The van der Waals surface area contributed by atoms with Gasteiger partial charge in [-0.05, 0) is 18.3 Å². The summed E-state index contributed by atoms with van der Waals surface area (Å²) in [6, 6.07) is 0. The SMILES string of the molecule is C=PC(CC)(C(C)C)C(C)C. The first kappa shape index (κ1) is 11.2. The minimum atomic E-state index is 0.444. The molecule has 0 saturated heterocycles. The van der Waals surface area contributed by atoms with Gasteiger partial charge in [-0.25, -0.2) is 0 Å². The molecular weight excluding hydrogens is 151 g/mol. The molecule has 0 aliphatic rings. The summed E-state index contributed by atoms with van der Waals surface area (Å²) < 4.78 is 0. The van der Waals surface area contributed by atoms with Crippen LogP contribution in [0.4, 0.5) is 0 Å². The van der Waals surface area contributed by atoms with Crippen molar-refractivity contribution in [1.82, 2.24) is 0 Å². The van der Waals surface area contributed by atoms with E-state index in [1.807, 2.05) is 0 Å². The van der Waals surface area contributed by atoms with Crippen LogP contribution in [0.2, 0.25) is 0 Å². The lowest BCUT2D eigenvalue weighted by molar-refractivity contribution is 0.323. The molecule has 0 fully saturated rings. The second kappa shape index (κ2) is 4.26. The highest BCUT2D eigenvalue weighted by Crippen LogP contribution is 2.41. The molecule has 11 heavy (non-hydrogen) atoms. The maximum Gasteiger partial charge on any atom is 0.0160 e. The Morgan fingerprint density at radius 2 is 1.55 bits per heavy atom. The Balaban J connectivity index is 4.60. The molecule has 1 heteroatoms. The van der Waals surface area contributed by atoms with E-state index >= 15 is 0 Å². The summed E-state index contributed by atoms with van der Waals surface area (Å²) in [5.74, 6) is 1.48. The van der Waals surface area contributed by atoms with Gasteiger partial charge in [-0.1, -0.05) is 40.9 Å². The highest BCUT2D eigenvalue weighted by molar-refractivity contribution is 7.38. The Morgan fingerprint density at radius 1 is 1.18 bits per heavy atom. The number of rotatable bonds is 4. The third-order valence-corrected chi connectivity index (χ3v) is 4.80. The molecule has 0 saturated carbocycles. The minimum absolute atomic E-state index is 0.444. The van der Waals surface area contributed by atoms with Crippen molar-refractivity contribution in [3.63, 3.8) is 0 Å². The van der Waals surface area contributed by atoms with Crippen molar-refractivity contribution in [2.24, 2.45) is 11.8 Å². The topological polar surface area (TPSA) is 0 Å². The molecule has 0 heterocycles. The lowest BCUT2D eigenvalue weighted by atomic mass is 9.82. The van der Waals surface area contributed by atoms with Gasteiger partial charge >= 0.3 is 0 Å². The molecule has 0 rings (SSSR count). The fourth-order valence-electron chi connectivity index (χ4n) is 1.96. The summed E-state index contributed by atoms with van der Waals surface area (Å²) in [6.07, 6.45) is 5.29. The molecule has 0 aliphatic heterocycles. The van der Waals surface area contributed by atoms with E-state index in [0.717, 1.165) is 11.8 Å². The fraction of sp³-hybridized carbons (Fsp3) is 0.900. The van der Waals surface area contributed by atoms with Crippen LogP contribution in [-0.4, -0.2) is 11.5 Å². The lowest BCUT2D eigenvalue weighted by Crippen LogP contribution is -2.33. The summed E-state index contributed by atoms with van der Waals surface area (Å²) in [4.78, 5) is 0. The molecule has 0 aliphatic carbocycles.